The van der Waals surface area contributed by atoms with Crippen LogP contribution in [0, 0.1) is 0 Å². The summed E-state index contributed by atoms with van der Waals surface area (Å²) in [5, 5.41) is 8.24. The molecule has 0 N–H and O–H groups in total. The summed E-state index contributed by atoms with van der Waals surface area (Å²) >= 11 is 2.90. The van der Waals surface area contributed by atoms with Gasteiger partial charge in [0.25, 0.3) is 0 Å². The third-order valence-electron chi connectivity index (χ3n) is 2.74. The summed E-state index contributed by atoms with van der Waals surface area (Å²) in [4.78, 5) is 12.0. The number of carbonyl (C=O) groups excluding carboxylic acids is 1. The molecule has 0 radical (unpaired) electrons. The van der Waals surface area contributed by atoms with Crippen molar-refractivity contribution in [3.63, 3.8) is 0 Å². The molecule has 0 unspecified atom stereocenters. The molecule has 3 nitrogen and oxygen atoms in total. The highest BCUT2D eigenvalue weighted by Crippen LogP contribution is 2.16. The van der Waals surface area contributed by atoms with Crippen molar-refractivity contribution >= 4 is 39.9 Å². The first kappa shape index (κ1) is 16.5. The van der Waals surface area contributed by atoms with Crippen molar-refractivity contribution in [3.8, 4) is 0 Å². The number of thioether (sulfide) groups is 2. The van der Waals surface area contributed by atoms with Gasteiger partial charge in [-0.2, -0.15) is 5.10 Å². The van der Waals surface area contributed by atoms with E-state index in [-0.39, 0.29) is 5.78 Å². The Bertz CT molecular complexity index is 655. The van der Waals surface area contributed by atoms with Gasteiger partial charge in [-0.3, -0.25) is 4.79 Å². The molecule has 22 heavy (non-hydrogen) atoms. The van der Waals surface area contributed by atoms with E-state index in [0.29, 0.717) is 5.75 Å². The van der Waals surface area contributed by atoms with Crippen LogP contribution in [0.25, 0.3) is 0 Å². The number of ketones is 1. The predicted molar refractivity (Wildman–Crippen MR) is 98.2 cm³/mol. The minimum absolute atomic E-state index is 0.0967. The summed E-state index contributed by atoms with van der Waals surface area (Å²) in [6.07, 6.45) is 3.63. The zero-order chi connectivity index (χ0) is 15.6. The van der Waals surface area contributed by atoms with Gasteiger partial charge in [0.1, 0.15) is 0 Å². The van der Waals surface area contributed by atoms with Gasteiger partial charge >= 0.3 is 0 Å². The van der Waals surface area contributed by atoms with Gasteiger partial charge in [-0.25, -0.2) is 0 Å². The van der Waals surface area contributed by atoms with E-state index in [4.69, 9.17) is 0 Å². The largest absolute Gasteiger partial charge is 0.293 e. The Morgan fingerprint density at radius 2 is 1.68 bits per heavy atom. The molecule has 0 spiro atoms. The van der Waals surface area contributed by atoms with Crippen molar-refractivity contribution in [1.29, 1.82) is 0 Å². The minimum atomic E-state index is 0.0967. The average molecular weight is 328 g/mol. The fourth-order valence-corrected chi connectivity index (χ4v) is 2.95. The molecule has 0 aliphatic carbocycles. The second-order valence-corrected chi connectivity index (χ2v) is 6.32. The summed E-state index contributed by atoms with van der Waals surface area (Å²) in [5.74, 6) is 0.462. The van der Waals surface area contributed by atoms with Gasteiger partial charge in [0, 0.05) is 5.56 Å². The molecule has 0 bridgehead atoms. The van der Waals surface area contributed by atoms with Crippen molar-refractivity contribution in [3.05, 3.63) is 71.8 Å². The molecule has 2 aromatic carbocycles. The lowest BCUT2D eigenvalue weighted by atomic mass is 10.2. The third-order valence-corrected chi connectivity index (χ3v) is 4.76. The number of nitrogens with zero attached hydrogens (tertiary/aromatic N) is 2. The zero-order valence-corrected chi connectivity index (χ0v) is 13.8. The third kappa shape index (κ3) is 5.50. The van der Waals surface area contributed by atoms with E-state index in [1.54, 1.807) is 6.21 Å². The average Bonchev–Trinajstić information content (AvgIpc) is 2.59. The Balaban J connectivity index is 1.90. The lowest BCUT2D eigenvalue weighted by molar-refractivity contribution is 0.102. The lowest BCUT2D eigenvalue weighted by Gasteiger charge is -2.01. The highest BCUT2D eigenvalue weighted by Gasteiger charge is 2.07. The molecule has 2 aromatic rings. The first-order valence-corrected chi connectivity index (χ1v) is 8.92. The maximum absolute atomic E-state index is 12.0. The maximum atomic E-state index is 12.0. The van der Waals surface area contributed by atoms with Crippen LogP contribution in [0.2, 0.25) is 0 Å². The second-order valence-electron chi connectivity index (χ2n) is 4.30. The topological polar surface area (TPSA) is 41.8 Å². The van der Waals surface area contributed by atoms with Crippen LogP contribution in [0.5, 0.6) is 0 Å². The molecule has 0 atom stereocenters. The number of Topliss-reactive ketones (excluding diaryl/α,β-unsaturated/α-hetero) is 1. The number of hydrogen-bond donors (Lipinski definition) is 0. The van der Waals surface area contributed by atoms with Crippen molar-refractivity contribution in [2.45, 2.75) is 0 Å². The summed E-state index contributed by atoms with van der Waals surface area (Å²) < 4.78 is 0.775. The second kappa shape index (κ2) is 9.23. The predicted octanol–water partition coefficient (Wildman–Crippen LogP) is 4.36. The SMILES string of the molecule is CS/C(=N/N=C/c1ccccc1)SCC(=O)c1ccccc1. The Morgan fingerprint density at radius 1 is 1.05 bits per heavy atom. The van der Waals surface area contributed by atoms with Crippen LogP contribution >= 0.6 is 23.5 Å². The first-order valence-electron chi connectivity index (χ1n) is 6.70. The van der Waals surface area contributed by atoms with E-state index < -0.39 is 0 Å². The van der Waals surface area contributed by atoms with Gasteiger partial charge in [-0.1, -0.05) is 72.4 Å². The summed E-state index contributed by atoms with van der Waals surface area (Å²) in [6.45, 7) is 0. The molecule has 0 fully saturated rings. The summed E-state index contributed by atoms with van der Waals surface area (Å²) in [5.41, 5.74) is 1.72. The van der Waals surface area contributed by atoms with E-state index in [2.05, 4.69) is 10.2 Å². The first-order chi connectivity index (χ1) is 10.8. The molecule has 0 saturated carbocycles. The standard InChI is InChI=1S/C17H16N2OS2/c1-21-17(19-18-12-14-8-4-2-5-9-14)22-13-16(20)15-10-6-3-7-11-15/h2-12H,13H2,1H3/b18-12+,19-17-. The Morgan fingerprint density at radius 3 is 2.32 bits per heavy atom. The highest BCUT2D eigenvalue weighted by molar-refractivity contribution is 8.38. The molecule has 0 heterocycles. The van der Waals surface area contributed by atoms with Crippen molar-refractivity contribution < 1.29 is 4.79 Å². The Kier molecular flexibility index (Phi) is 6.93. The van der Waals surface area contributed by atoms with E-state index in [0.717, 1.165) is 15.5 Å². The molecule has 112 valence electrons. The quantitative estimate of drug-likeness (QED) is 0.354. The molecule has 0 aliphatic rings. The molecule has 0 amide bonds. The molecule has 0 saturated heterocycles. The van der Waals surface area contributed by atoms with Crippen molar-refractivity contribution in [2.75, 3.05) is 12.0 Å². The van der Waals surface area contributed by atoms with Crippen molar-refractivity contribution in [2.24, 2.45) is 10.2 Å². The van der Waals surface area contributed by atoms with Crippen LogP contribution in [0.1, 0.15) is 15.9 Å². The summed E-state index contributed by atoms with van der Waals surface area (Å²) in [7, 11) is 0. The number of carbonyl (C=O) groups is 1. The monoisotopic (exact) mass is 328 g/mol. The highest BCUT2D eigenvalue weighted by atomic mass is 32.2. The molecule has 5 heteroatoms. The fraction of sp³-hybridized carbons (Fsp3) is 0.118. The Hall–Kier alpha value is -1.85. The Labute approximate surface area is 138 Å². The zero-order valence-electron chi connectivity index (χ0n) is 12.2. The van der Waals surface area contributed by atoms with Gasteiger partial charge in [0.15, 0.2) is 10.2 Å². The minimum Gasteiger partial charge on any atom is -0.293 e. The smallest absolute Gasteiger partial charge is 0.173 e. The fourth-order valence-electron chi connectivity index (χ4n) is 1.65. The number of rotatable bonds is 5. The number of benzene rings is 2. The van der Waals surface area contributed by atoms with E-state index >= 15 is 0 Å². The molecule has 0 aliphatic heterocycles. The van der Waals surface area contributed by atoms with Crippen LogP contribution < -0.4 is 0 Å². The van der Waals surface area contributed by atoms with Gasteiger partial charge in [0.05, 0.1) is 12.0 Å². The molecular formula is C17H16N2OS2. The maximum Gasteiger partial charge on any atom is 0.173 e. The molecular weight excluding hydrogens is 312 g/mol. The van der Waals surface area contributed by atoms with Gasteiger partial charge in [-0.05, 0) is 11.8 Å². The summed E-state index contributed by atoms with van der Waals surface area (Å²) in [6, 6.07) is 19.1. The van der Waals surface area contributed by atoms with Crippen LogP contribution in [0.3, 0.4) is 0 Å². The van der Waals surface area contributed by atoms with E-state index in [1.807, 2.05) is 66.9 Å². The van der Waals surface area contributed by atoms with Gasteiger partial charge in [-0.15, -0.1) is 16.9 Å². The van der Waals surface area contributed by atoms with E-state index in [1.165, 1.54) is 23.5 Å². The van der Waals surface area contributed by atoms with E-state index in [9.17, 15) is 4.79 Å². The molecule has 2 rings (SSSR count). The van der Waals surface area contributed by atoms with Gasteiger partial charge in [0.2, 0.25) is 0 Å². The van der Waals surface area contributed by atoms with Crippen LogP contribution in [-0.2, 0) is 0 Å². The van der Waals surface area contributed by atoms with Crippen LogP contribution in [0.4, 0.5) is 0 Å². The number of hydrogen-bond acceptors (Lipinski definition) is 5. The molecule has 0 aromatic heterocycles. The lowest BCUT2D eigenvalue weighted by Crippen LogP contribution is -2.03. The van der Waals surface area contributed by atoms with Crippen LogP contribution in [-0.4, -0.2) is 28.4 Å². The van der Waals surface area contributed by atoms with Gasteiger partial charge < -0.3 is 0 Å². The van der Waals surface area contributed by atoms with Crippen molar-refractivity contribution in [1.82, 2.24) is 0 Å². The normalized spacial score (nSPS) is 11.8. The van der Waals surface area contributed by atoms with Crippen LogP contribution in [0.15, 0.2) is 70.9 Å².